The van der Waals surface area contributed by atoms with Gasteiger partial charge in [-0.3, -0.25) is 0 Å². The predicted molar refractivity (Wildman–Crippen MR) is 303 cm³/mol. The molecule has 1 aliphatic heterocycles. The Morgan fingerprint density at radius 2 is 0.722 bits per heavy atom. The van der Waals surface area contributed by atoms with Crippen molar-refractivity contribution >= 4 is 60.2 Å². The van der Waals surface area contributed by atoms with Crippen molar-refractivity contribution in [3.05, 3.63) is 247 Å². The van der Waals surface area contributed by atoms with Gasteiger partial charge in [-0.1, -0.05) is 198 Å². The minimum Gasteiger partial charge on any atom is -0.453 e. The van der Waals surface area contributed by atoms with Gasteiger partial charge >= 0.3 is 0 Å². The summed E-state index contributed by atoms with van der Waals surface area (Å²) in [6, 6.07) is 83.5. The number of nitrogens with zero attached hydrogens (tertiary/aromatic N) is 1. The molecule has 0 atom stereocenters. The first-order valence-electron chi connectivity index (χ1n) is 25.3. The third kappa shape index (κ3) is 5.78. The summed E-state index contributed by atoms with van der Waals surface area (Å²) in [5.41, 5.74) is 20.2. The summed E-state index contributed by atoms with van der Waals surface area (Å²) in [6.45, 7) is 9.58. The van der Waals surface area contributed by atoms with Gasteiger partial charge in [-0.05, 0) is 170 Å². The van der Waals surface area contributed by atoms with Crippen molar-refractivity contribution in [2.45, 2.75) is 38.5 Å². The summed E-state index contributed by atoms with van der Waals surface area (Å²) >= 11 is 0. The average molecular weight is 920 g/mol. The largest absolute Gasteiger partial charge is 0.453 e. The van der Waals surface area contributed by atoms with Gasteiger partial charge < -0.3 is 9.64 Å². The predicted octanol–water partition coefficient (Wildman–Crippen LogP) is 19.5. The molecule has 12 aromatic carbocycles. The molecule has 0 unspecified atom stereocenters. The first-order valence-corrected chi connectivity index (χ1v) is 25.3. The minimum absolute atomic E-state index is 0.308. The zero-order valence-corrected chi connectivity index (χ0v) is 40.7. The van der Waals surface area contributed by atoms with Gasteiger partial charge in [0.15, 0.2) is 11.5 Å². The Bertz CT molecular complexity index is 4070. The Balaban J connectivity index is 0.967. The zero-order chi connectivity index (χ0) is 48.0. The van der Waals surface area contributed by atoms with Gasteiger partial charge in [0, 0.05) is 16.4 Å². The quantitative estimate of drug-likeness (QED) is 0.174. The summed E-state index contributed by atoms with van der Waals surface area (Å²) in [6.07, 6.45) is 0. The van der Waals surface area contributed by atoms with Crippen LogP contribution in [-0.2, 0) is 10.8 Å². The Hall–Kier alpha value is -8.72. The van der Waals surface area contributed by atoms with E-state index >= 15 is 0 Å². The monoisotopic (exact) mass is 919 g/mol. The van der Waals surface area contributed by atoms with E-state index < -0.39 is 0 Å². The lowest BCUT2D eigenvalue weighted by molar-refractivity contribution is 0.473. The molecule has 12 aromatic rings. The zero-order valence-electron chi connectivity index (χ0n) is 40.7. The van der Waals surface area contributed by atoms with Crippen LogP contribution in [0.25, 0.3) is 98.7 Å². The second-order valence-corrected chi connectivity index (χ2v) is 21.2. The average Bonchev–Trinajstić information content (AvgIpc) is 3.78. The van der Waals surface area contributed by atoms with Gasteiger partial charge in [-0.2, -0.15) is 0 Å². The van der Waals surface area contributed by atoms with E-state index in [4.69, 9.17) is 4.74 Å². The summed E-state index contributed by atoms with van der Waals surface area (Å²) in [4.78, 5) is 2.50. The number of benzene rings is 12. The van der Waals surface area contributed by atoms with Crippen LogP contribution in [0, 0.1) is 0 Å². The van der Waals surface area contributed by atoms with Gasteiger partial charge in [0.1, 0.15) is 0 Å². The summed E-state index contributed by atoms with van der Waals surface area (Å²) in [7, 11) is 0. The van der Waals surface area contributed by atoms with Crippen LogP contribution in [-0.4, -0.2) is 0 Å². The Kier molecular flexibility index (Phi) is 8.51. The third-order valence-electron chi connectivity index (χ3n) is 16.6. The number of ether oxygens (including phenoxy) is 1. The lowest BCUT2D eigenvalue weighted by Gasteiger charge is -2.36. The maximum absolute atomic E-state index is 7.41. The van der Waals surface area contributed by atoms with Crippen LogP contribution < -0.4 is 9.64 Å². The Morgan fingerprint density at radius 1 is 0.292 bits per heavy atom. The van der Waals surface area contributed by atoms with Gasteiger partial charge in [-0.25, -0.2) is 0 Å². The fourth-order valence-electron chi connectivity index (χ4n) is 12.9. The second kappa shape index (κ2) is 14.9. The second-order valence-electron chi connectivity index (χ2n) is 21.2. The number of para-hydroxylation sites is 1. The molecule has 1 heterocycles. The highest BCUT2D eigenvalue weighted by Crippen LogP contribution is 2.63. The summed E-state index contributed by atoms with van der Waals surface area (Å²) in [5.74, 6) is 1.72. The molecule has 0 saturated heterocycles. The lowest BCUT2D eigenvalue weighted by atomic mass is 9.80. The molecule has 2 aliphatic carbocycles. The van der Waals surface area contributed by atoms with E-state index in [0.717, 1.165) is 34.1 Å². The topological polar surface area (TPSA) is 12.5 Å². The molecule has 0 bridgehead atoms. The molecular weight excluding hydrogens is 871 g/mol. The molecule has 0 aromatic heterocycles. The van der Waals surface area contributed by atoms with Crippen LogP contribution in [0.1, 0.15) is 49.9 Å². The van der Waals surface area contributed by atoms with E-state index in [-0.39, 0.29) is 10.8 Å². The standard InChI is InChI=1S/C70H49NO/c1-69(2)58-40-65-63(38-56(58)67-52-27-14-12-25-50(52)54(36-60(67)69)47-32-30-42-18-8-10-22-45(42)34-47)71(62-29-17-16-24-49(62)44-20-6-5-7-21-44)64-39-57-59(41-66(64)72-65)70(3,4)61-37-55(51-26-13-15-28-53(51)68(57)61)48-33-31-43-19-9-11-23-46(43)35-48/h5-41H,1-4H3. The molecule has 0 radical (unpaired) electrons. The van der Waals surface area contributed by atoms with Crippen molar-refractivity contribution in [3.63, 3.8) is 0 Å². The molecular formula is C70H49NO. The highest BCUT2D eigenvalue weighted by atomic mass is 16.5. The van der Waals surface area contributed by atoms with Crippen LogP contribution in [0.2, 0.25) is 0 Å². The van der Waals surface area contributed by atoms with Gasteiger partial charge in [0.05, 0.1) is 17.1 Å². The summed E-state index contributed by atoms with van der Waals surface area (Å²) < 4.78 is 7.41. The molecule has 15 rings (SSSR count). The van der Waals surface area contributed by atoms with Crippen LogP contribution in [0.4, 0.5) is 17.1 Å². The minimum atomic E-state index is -0.308. The number of rotatable bonds is 4. The number of hydrogen-bond acceptors (Lipinski definition) is 2. The molecule has 0 fully saturated rings. The highest BCUT2D eigenvalue weighted by Gasteiger charge is 2.43. The van der Waals surface area contributed by atoms with Gasteiger partial charge in [0.2, 0.25) is 0 Å². The molecule has 72 heavy (non-hydrogen) atoms. The lowest BCUT2D eigenvalue weighted by Crippen LogP contribution is -2.20. The number of anilines is 3. The molecule has 0 spiro atoms. The Labute approximate surface area is 420 Å². The first-order chi connectivity index (χ1) is 35.2. The Morgan fingerprint density at radius 3 is 1.24 bits per heavy atom. The van der Waals surface area contributed by atoms with Gasteiger partial charge in [0.25, 0.3) is 0 Å². The fourth-order valence-corrected chi connectivity index (χ4v) is 12.9. The van der Waals surface area contributed by atoms with E-state index in [1.54, 1.807) is 0 Å². The SMILES string of the molecule is CC1(C)c2cc3c(cc2-c2c1cc(-c1ccc4ccccc4c1)c1ccccc21)N(c1ccccc1-c1ccccc1)c1cc2c(cc1O3)C(C)(C)c1cc(-c3ccc4ccccc4c3)c3ccccc3c1-2. The highest BCUT2D eigenvalue weighted by molar-refractivity contribution is 6.13. The molecule has 2 nitrogen and oxygen atoms in total. The molecule has 0 saturated carbocycles. The van der Waals surface area contributed by atoms with Crippen molar-refractivity contribution in [1.29, 1.82) is 0 Å². The normalized spacial score (nSPS) is 14.4. The van der Waals surface area contributed by atoms with Crippen molar-refractivity contribution in [2.75, 3.05) is 4.90 Å². The van der Waals surface area contributed by atoms with Crippen LogP contribution >= 0.6 is 0 Å². The van der Waals surface area contributed by atoms with Crippen molar-refractivity contribution in [2.24, 2.45) is 0 Å². The van der Waals surface area contributed by atoms with Gasteiger partial charge in [-0.15, -0.1) is 0 Å². The number of hydrogen-bond donors (Lipinski definition) is 0. The molecule has 3 aliphatic rings. The molecule has 2 heteroatoms. The third-order valence-corrected chi connectivity index (χ3v) is 16.6. The van der Waals surface area contributed by atoms with Crippen LogP contribution in [0.3, 0.4) is 0 Å². The van der Waals surface area contributed by atoms with Crippen molar-refractivity contribution in [3.8, 4) is 67.1 Å². The summed E-state index contributed by atoms with van der Waals surface area (Å²) in [5, 5.41) is 10.1. The molecule has 0 amide bonds. The van der Waals surface area contributed by atoms with Crippen molar-refractivity contribution in [1.82, 2.24) is 0 Å². The van der Waals surface area contributed by atoms with E-state index in [0.29, 0.717) is 0 Å². The van der Waals surface area contributed by atoms with E-state index in [1.807, 2.05) is 0 Å². The maximum Gasteiger partial charge on any atom is 0.151 e. The van der Waals surface area contributed by atoms with Crippen LogP contribution in [0.15, 0.2) is 224 Å². The van der Waals surface area contributed by atoms with E-state index in [1.165, 1.54) is 115 Å². The fraction of sp³-hybridized carbons (Fsp3) is 0.0857. The smallest absolute Gasteiger partial charge is 0.151 e. The number of fused-ring (bicyclic) bond motifs is 14. The van der Waals surface area contributed by atoms with Crippen LogP contribution in [0.5, 0.6) is 11.5 Å². The van der Waals surface area contributed by atoms with Crippen molar-refractivity contribution < 1.29 is 4.74 Å². The first kappa shape index (κ1) is 41.1. The molecule has 340 valence electrons. The van der Waals surface area contributed by atoms with E-state index in [9.17, 15) is 0 Å². The maximum atomic E-state index is 7.41. The molecule has 0 N–H and O–H groups in total. The van der Waals surface area contributed by atoms with E-state index in [2.05, 4.69) is 257 Å².